The average Bonchev–Trinajstić information content (AvgIpc) is 2.83. The topological polar surface area (TPSA) is 34.4 Å². The minimum atomic E-state index is 0.0445. The molecule has 4 heteroatoms. The zero-order chi connectivity index (χ0) is 13.8. The van der Waals surface area contributed by atoms with Crippen molar-refractivity contribution in [3.8, 4) is 0 Å². The number of benzene rings is 1. The number of furan rings is 1. The molecule has 0 saturated carbocycles. The van der Waals surface area contributed by atoms with Gasteiger partial charge in [-0.1, -0.05) is 22.0 Å². The fourth-order valence-electron chi connectivity index (χ4n) is 2.14. The minimum Gasteiger partial charge on any atom is -0.462 e. The Kier molecular flexibility index (Phi) is 4.80. The summed E-state index contributed by atoms with van der Waals surface area (Å²) >= 11 is 3.52. The van der Waals surface area contributed by atoms with Crippen LogP contribution in [0.3, 0.4) is 0 Å². The van der Waals surface area contributed by atoms with E-state index in [2.05, 4.69) is 40.3 Å². The van der Waals surface area contributed by atoms with E-state index >= 15 is 0 Å². The van der Waals surface area contributed by atoms with Crippen molar-refractivity contribution < 1.29 is 9.15 Å². The molecule has 1 heterocycles. The molecule has 0 radical (unpaired) electrons. The van der Waals surface area contributed by atoms with Gasteiger partial charge in [0.1, 0.15) is 18.1 Å². The second-order valence-corrected chi connectivity index (χ2v) is 5.38. The van der Waals surface area contributed by atoms with Gasteiger partial charge in [0.05, 0.1) is 6.04 Å². The van der Waals surface area contributed by atoms with Crippen LogP contribution in [-0.4, -0.2) is 14.2 Å². The molecule has 3 nitrogen and oxygen atoms in total. The highest BCUT2D eigenvalue weighted by atomic mass is 79.9. The second kappa shape index (κ2) is 6.37. The summed E-state index contributed by atoms with van der Waals surface area (Å²) in [4.78, 5) is 0. The van der Waals surface area contributed by atoms with Crippen molar-refractivity contribution in [1.29, 1.82) is 0 Å². The van der Waals surface area contributed by atoms with E-state index in [9.17, 15) is 0 Å². The van der Waals surface area contributed by atoms with Gasteiger partial charge in [-0.05, 0) is 49.4 Å². The summed E-state index contributed by atoms with van der Waals surface area (Å²) in [6, 6.07) is 10.3. The normalized spacial score (nSPS) is 12.6. The maximum Gasteiger partial charge on any atom is 0.129 e. The smallest absolute Gasteiger partial charge is 0.129 e. The molecule has 0 spiro atoms. The van der Waals surface area contributed by atoms with E-state index in [-0.39, 0.29) is 6.04 Å². The molecule has 0 fully saturated rings. The highest BCUT2D eigenvalue weighted by Gasteiger charge is 2.18. The highest BCUT2D eigenvalue weighted by molar-refractivity contribution is 9.10. The number of hydrogen-bond donors (Lipinski definition) is 1. The minimum absolute atomic E-state index is 0.0445. The van der Waals surface area contributed by atoms with Crippen molar-refractivity contribution in [2.45, 2.75) is 19.6 Å². The van der Waals surface area contributed by atoms with Crippen LogP contribution in [0, 0.1) is 6.92 Å². The Morgan fingerprint density at radius 3 is 2.79 bits per heavy atom. The molecule has 0 bridgehead atoms. The van der Waals surface area contributed by atoms with Crippen molar-refractivity contribution in [2.24, 2.45) is 0 Å². The molecule has 1 N–H and O–H groups in total. The van der Waals surface area contributed by atoms with Crippen LogP contribution in [0.2, 0.25) is 0 Å². The predicted molar refractivity (Wildman–Crippen MR) is 79.2 cm³/mol. The molecular weight excluding hydrogens is 306 g/mol. The predicted octanol–water partition coefficient (Wildman–Crippen LogP) is 3.81. The maximum absolute atomic E-state index is 5.82. The summed E-state index contributed by atoms with van der Waals surface area (Å²) in [5, 5.41) is 3.30. The number of nitrogens with one attached hydrogen (secondary N) is 1. The van der Waals surface area contributed by atoms with E-state index in [0.29, 0.717) is 6.61 Å². The van der Waals surface area contributed by atoms with Gasteiger partial charge < -0.3 is 14.5 Å². The van der Waals surface area contributed by atoms with E-state index in [4.69, 9.17) is 9.15 Å². The van der Waals surface area contributed by atoms with Crippen molar-refractivity contribution in [1.82, 2.24) is 5.32 Å². The third-order valence-corrected chi connectivity index (χ3v) is 3.59. The van der Waals surface area contributed by atoms with Crippen LogP contribution in [-0.2, 0) is 11.3 Å². The monoisotopic (exact) mass is 323 g/mol. The third kappa shape index (κ3) is 3.26. The first-order chi connectivity index (χ1) is 9.15. The van der Waals surface area contributed by atoms with Crippen LogP contribution >= 0.6 is 15.9 Å². The zero-order valence-electron chi connectivity index (χ0n) is 11.4. The van der Waals surface area contributed by atoms with Gasteiger partial charge in [-0.15, -0.1) is 0 Å². The Morgan fingerprint density at radius 2 is 2.11 bits per heavy atom. The van der Waals surface area contributed by atoms with E-state index < -0.39 is 0 Å². The van der Waals surface area contributed by atoms with Gasteiger partial charge in [0, 0.05) is 11.6 Å². The first-order valence-electron chi connectivity index (χ1n) is 6.16. The lowest BCUT2D eigenvalue weighted by Gasteiger charge is -2.17. The fraction of sp³-hybridized carbons (Fsp3) is 0.333. The molecule has 102 valence electrons. The van der Waals surface area contributed by atoms with Crippen molar-refractivity contribution in [3.05, 3.63) is 57.5 Å². The number of rotatable bonds is 5. The average molecular weight is 324 g/mol. The van der Waals surface area contributed by atoms with Crippen LogP contribution in [0.25, 0.3) is 0 Å². The molecule has 2 rings (SSSR count). The number of methoxy groups -OCH3 is 1. The fourth-order valence-corrected chi connectivity index (χ4v) is 2.52. The summed E-state index contributed by atoms with van der Waals surface area (Å²) in [5.74, 6) is 1.74. The second-order valence-electron chi connectivity index (χ2n) is 4.46. The van der Waals surface area contributed by atoms with Crippen LogP contribution in [0.4, 0.5) is 0 Å². The number of halogens is 1. The van der Waals surface area contributed by atoms with Crippen molar-refractivity contribution in [2.75, 3.05) is 14.2 Å². The van der Waals surface area contributed by atoms with Crippen LogP contribution in [0.1, 0.15) is 28.7 Å². The lowest BCUT2D eigenvalue weighted by Crippen LogP contribution is -2.18. The Bertz CT molecular complexity index is 551. The van der Waals surface area contributed by atoms with Gasteiger partial charge >= 0.3 is 0 Å². The Balaban J connectivity index is 2.35. The van der Waals surface area contributed by atoms with Crippen LogP contribution in [0.5, 0.6) is 0 Å². The van der Waals surface area contributed by atoms with Gasteiger partial charge in [0.15, 0.2) is 0 Å². The number of hydrogen-bond acceptors (Lipinski definition) is 3. The summed E-state index contributed by atoms with van der Waals surface area (Å²) in [6.45, 7) is 2.60. The van der Waals surface area contributed by atoms with Crippen LogP contribution < -0.4 is 5.32 Å². The summed E-state index contributed by atoms with van der Waals surface area (Å²) in [7, 11) is 3.60. The van der Waals surface area contributed by atoms with Crippen molar-refractivity contribution >= 4 is 15.9 Å². The van der Waals surface area contributed by atoms with E-state index in [1.807, 2.05) is 25.2 Å². The molecular formula is C15H18BrNO2. The Labute approximate surface area is 122 Å². The first kappa shape index (κ1) is 14.3. The van der Waals surface area contributed by atoms with Gasteiger partial charge in [0.25, 0.3) is 0 Å². The van der Waals surface area contributed by atoms with E-state index in [1.165, 1.54) is 11.1 Å². The maximum atomic E-state index is 5.82. The molecule has 0 aliphatic heterocycles. The molecule has 1 atom stereocenters. The van der Waals surface area contributed by atoms with Gasteiger partial charge in [-0.25, -0.2) is 0 Å². The first-order valence-corrected chi connectivity index (χ1v) is 6.96. The molecule has 0 amide bonds. The molecule has 0 saturated heterocycles. The molecule has 1 aromatic carbocycles. The summed E-state index contributed by atoms with van der Waals surface area (Å²) in [5.41, 5.74) is 2.43. The van der Waals surface area contributed by atoms with Crippen molar-refractivity contribution in [3.63, 3.8) is 0 Å². The standard InChI is InChI=1S/C15H18BrNO2/c1-10-4-5-11(16)8-13(10)15(17-2)14-7-6-12(19-14)9-18-3/h4-8,15,17H,9H2,1-3H3. The number of aryl methyl sites for hydroxylation is 1. The summed E-state index contributed by atoms with van der Waals surface area (Å²) < 4.78 is 12.0. The zero-order valence-corrected chi connectivity index (χ0v) is 13.0. The lowest BCUT2D eigenvalue weighted by molar-refractivity contribution is 0.162. The highest BCUT2D eigenvalue weighted by Crippen LogP contribution is 2.28. The van der Waals surface area contributed by atoms with Gasteiger partial charge in [-0.3, -0.25) is 0 Å². The van der Waals surface area contributed by atoms with E-state index in [1.54, 1.807) is 7.11 Å². The molecule has 19 heavy (non-hydrogen) atoms. The lowest BCUT2D eigenvalue weighted by atomic mass is 10.00. The quantitative estimate of drug-likeness (QED) is 0.908. The van der Waals surface area contributed by atoms with E-state index in [0.717, 1.165) is 16.0 Å². The molecule has 0 aliphatic carbocycles. The summed E-state index contributed by atoms with van der Waals surface area (Å²) in [6.07, 6.45) is 0. The SMILES string of the molecule is CNC(c1ccc(COC)o1)c1cc(Br)ccc1C. The Morgan fingerprint density at radius 1 is 1.32 bits per heavy atom. The molecule has 0 aliphatic rings. The number of ether oxygens (including phenoxy) is 1. The molecule has 2 aromatic rings. The third-order valence-electron chi connectivity index (χ3n) is 3.09. The Hall–Kier alpha value is -1.10. The van der Waals surface area contributed by atoms with Crippen LogP contribution in [0.15, 0.2) is 39.2 Å². The molecule has 1 unspecified atom stereocenters. The largest absolute Gasteiger partial charge is 0.462 e. The van der Waals surface area contributed by atoms with Gasteiger partial charge in [0.2, 0.25) is 0 Å². The van der Waals surface area contributed by atoms with Gasteiger partial charge in [-0.2, -0.15) is 0 Å². The molecule has 1 aromatic heterocycles.